The minimum atomic E-state index is -1.13. The Morgan fingerprint density at radius 2 is 1.73 bits per heavy atom. The third-order valence-corrected chi connectivity index (χ3v) is 2.96. The Labute approximate surface area is 88.7 Å². The molecule has 0 aliphatic heterocycles. The van der Waals surface area contributed by atoms with Gasteiger partial charge in [0, 0.05) is 6.04 Å². The predicted molar refractivity (Wildman–Crippen MR) is 53.8 cm³/mol. The highest BCUT2D eigenvalue weighted by Gasteiger charge is 2.32. The van der Waals surface area contributed by atoms with E-state index in [-0.39, 0.29) is 6.04 Å². The first kappa shape index (κ1) is 11.8. The summed E-state index contributed by atoms with van der Waals surface area (Å²) in [5.74, 6) is -1.08. The van der Waals surface area contributed by atoms with Crippen molar-refractivity contribution in [1.29, 1.82) is 0 Å². The quantitative estimate of drug-likeness (QED) is 0.752. The van der Waals surface area contributed by atoms with Crippen LogP contribution in [0.15, 0.2) is 0 Å². The van der Waals surface area contributed by atoms with Crippen LogP contribution in [-0.2, 0) is 4.79 Å². The third-order valence-electron chi connectivity index (χ3n) is 2.96. The van der Waals surface area contributed by atoms with Gasteiger partial charge in [0.1, 0.15) is 6.04 Å². The first-order valence-corrected chi connectivity index (χ1v) is 5.28. The largest absolute Gasteiger partial charge is 0.480 e. The van der Waals surface area contributed by atoms with Crippen molar-refractivity contribution in [1.82, 2.24) is 4.90 Å². The van der Waals surface area contributed by atoms with Gasteiger partial charge < -0.3 is 10.2 Å². The molecule has 86 valence electrons. The SMILES string of the molecule is C[C@@H](C(=O)O)N(C(=O)O)C1CCCCC1. The number of amides is 1. The highest BCUT2D eigenvalue weighted by Crippen LogP contribution is 2.24. The van der Waals surface area contributed by atoms with Crippen LogP contribution >= 0.6 is 0 Å². The average Bonchev–Trinajstić information content (AvgIpc) is 2.18. The molecule has 0 unspecified atom stereocenters. The first-order chi connectivity index (χ1) is 7.04. The smallest absolute Gasteiger partial charge is 0.408 e. The van der Waals surface area contributed by atoms with Crippen molar-refractivity contribution >= 4 is 12.1 Å². The number of hydrogen-bond donors (Lipinski definition) is 2. The molecule has 1 fully saturated rings. The van der Waals surface area contributed by atoms with Crippen molar-refractivity contribution in [3.05, 3.63) is 0 Å². The van der Waals surface area contributed by atoms with Crippen molar-refractivity contribution in [2.24, 2.45) is 0 Å². The van der Waals surface area contributed by atoms with Crippen LogP contribution in [0, 0.1) is 0 Å². The topological polar surface area (TPSA) is 77.8 Å². The molecule has 0 aromatic carbocycles. The van der Waals surface area contributed by atoms with Crippen LogP contribution in [0.4, 0.5) is 4.79 Å². The monoisotopic (exact) mass is 215 g/mol. The Morgan fingerprint density at radius 3 is 2.13 bits per heavy atom. The van der Waals surface area contributed by atoms with E-state index >= 15 is 0 Å². The summed E-state index contributed by atoms with van der Waals surface area (Å²) in [6.45, 7) is 1.42. The average molecular weight is 215 g/mol. The predicted octanol–water partition coefficient (Wildman–Crippen LogP) is 1.77. The number of hydrogen-bond acceptors (Lipinski definition) is 2. The Morgan fingerprint density at radius 1 is 1.20 bits per heavy atom. The maximum atomic E-state index is 11.0. The van der Waals surface area contributed by atoms with Gasteiger partial charge in [0.05, 0.1) is 0 Å². The van der Waals surface area contributed by atoms with Crippen molar-refractivity contribution in [2.45, 2.75) is 51.1 Å². The third kappa shape index (κ3) is 2.84. The minimum absolute atomic E-state index is 0.123. The molecule has 0 aromatic rings. The standard InChI is InChI=1S/C10H17NO4/c1-7(9(12)13)11(10(14)15)8-5-3-2-4-6-8/h7-8H,2-6H2,1H3,(H,12,13)(H,14,15)/t7-/m0/s1. The van der Waals surface area contributed by atoms with Gasteiger partial charge in [0.2, 0.25) is 0 Å². The Hall–Kier alpha value is -1.26. The van der Waals surface area contributed by atoms with Crippen LogP contribution in [0.3, 0.4) is 0 Å². The second-order valence-electron chi connectivity index (χ2n) is 4.00. The van der Waals surface area contributed by atoms with E-state index in [4.69, 9.17) is 10.2 Å². The maximum Gasteiger partial charge on any atom is 0.408 e. The van der Waals surface area contributed by atoms with Gasteiger partial charge in [0.25, 0.3) is 0 Å². The normalized spacial score (nSPS) is 19.5. The molecule has 1 aliphatic carbocycles. The Kier molecular flexibility index (Phi) is 3.94. The minimum Gasteiger partial charge on any atom is -0.480 e. The van der Waals surface area contributed by atoms with Gasteiger partial charge in [-0.2, -0.15) is 0 Å². The molecule has 5 nitrogen and oxygen atoms in total. The molecular formula is C10H17NO4. The van der Waals surface area contributed by atoms with Crippen LogP contribution in [0.5, 0.6) is 0 Å². The van der Waals surface area contributed by atoms with Crippen molar-refractivity contribution in [3.8, 4) is 0 Å². The number of carbonyl (C=O) groups is 2. The fourth-order valence-electron chi connectivity index (χ4n) is 2.12. The summed E-state index contributed by atoms with van der Waals surface area (Å²) >= 11 is 0. The molecule has 1 rings (SSSR count). The zero-order valence-electron chi connectivity index (χ0n) is 8.85. The molecule has 0 spiro atoms. The number of carboxylic acids is 1. The van der Waals surface area contributed by atoms with E-state index in [0.29, 0.717) is 0 Å². The lowest BCUT2D eigenvalue weighted by molar-refractivity contribution is -0.143. The van der Waals surface area contributed by atoms with E-state index in [1.807, 2.05) is 0 Å². The van der Waals surface area contributed by atoms with Crippen LogP contribution in [0.1, 0.15) is 39.0 Å². The van der Waals surface area contributed by atoms with E-state index in [0.717, 1.165) is 37.0 Å². The fraction of sp³-hybridized carbons (Fsp3) is 0.800. The van der Waals surface area contributed by atoms with E-state index in [1.165, 1.54) is 6.92 Å². The summed E-state index contributed by atoms with van der Waals surface area (Å²) in [5.41, 5.74) is 0. The molecule has 0 radical (unpaired) electrons. The Balaban J connectivity index is 2.71. The van der Waals surface area contributed by atoms with E-state index in [9.17, 15) is 9.59 Å². The van der Waals surface area contributed by atoms with Crippen LogP contribution in [0.2, 0.25) is 0 Å². The number of rotatable bonds is 3. The van der Waals surface area contributed by atoms with Crippen LogP contribution in [0.25, 0.3) is 0 Å². The lowest BCUT2D eigenvalue weighted by Crippen LogP contribution is -2.49. The van der Waals surface area contributed by atoms with Gasteiger partial charge in [0.15, 0.2) is 0 Å². The maximum absolute atomic E-state index is 11.0. The number of nitrogens with zero attached hydrogens (tertiary/aromatic N) is 1. The van der Waals surface area contributed by atoms with Crippen molar-refractivity contribution in [2.75, 3.05) is 0 Å². The molecule has 15 heavy (non-hydrogen) atoms. The fourth-order valence-corrected chi connectivity index (χ4v) is 2.12. The summed E-state index contributed by atoms with van der Waals surface area (Å²) in [5, 5.41) is 17.8. The highest BCUT2D eigenvalue weighted by atomic mass is 16.4. The van der Waals surface area contributed by atoms with E-state index < -0.39 is 18.1 Å². The van der Waals surface area contributed by atoms with Gasteiger partial charge in [-0.1, -0.05) is 19.3 Å². The summed E-state index contributed by atoms with van der Waals surface area (Å²) in [4.78, 5) is 22.9. The van der Waals surface area contributed by atoms with Gasteiger partial charge >= 0.3 is 12.1 Å². The lowest BCUT2D eigenvalue weighted by atomic mass is 9.93. The van der Waals surface area contributed by atoms with E-state index in [2.05, 4.69) is 0 Å². The second kappa shape index (κ2) is 5.00. The molecule has 0 aromatic heterocycles. The summed E-state index contributed by atoms with van der Waals surface area (Å²) < 4.78 is 0. The molecule has 0 bridgehead atoms. The molecule has 2 N–H and O–H groups in total. The van der Waals surface area contributed by atoms with E-state index in [1.54, 1.807) is 0 Å². The zero-order chi connectivity index (χ0) is 11.4. The molecule has 1 atom stereocenters. The lowest BCUT2D eigenvalue weighted by Gasteiger charge is -2.34. The molecule has 0 heterocycles. The summed E-state index contributed by atoms with van der Waals surface area (Å²) in [7, 11) is 0. The van der Waals surface area contributed by atoms with Gasteiger partial charge in [-0.25, -0.2) is 9.59 Å². The molecule has 1 amide bonds. The van der Waals surface area contributed by atoms with Gasteiger partial charge in [-0.05, 0) is 19.8 Å². The van der Waals surface area contributed by atoms with Gasteiger partial charge in [-0.15, -0.1) is 0 Å². The second-order valence-corrected chi connectivity index (χ2v) is 4.00. The van der Waals surface area contributed by atoms with Crippen molar-refractivity contribution in [3.63, 3.8) is 0 Å². The molecule has 0 saturated heterocycles. The van der Waals surface area contributed by atoms with Crippen molar-refractivity contribution < 1.29 is 19.8 Å². The van der Waals surface area contributed by atoms with Crippen LogP contribution in [-0.4, -0.2) is 39.3 Å². The number of aliphatic carboxylic acids is 1. The molecule has 5 heteroatoms. The Bertz CT molecular complexity index is 248. The molecule has 1 saturated carbocycles. The highest BCUT2D eigenvalue weighted by molar-refractivity contribution is 5.79. The first-order valence-electron chi connectivity index (χ1n) is 5.28. The molecular weight excluding hydrogens is 198 g/mol. The number of carboxylic acid groups (broad SMARTS) is 2. The van der Waals surface area contributed by atoms with Gasteiger partial charge in [-0.3, -0.25) is 4.90 Å². The van der Waals surface area contributed by atoms with Crippen LogP contribution < -0.4 is 0 Å². The summed E-state index contributed by atoms with van der Waals surface area (Å²) in [6, 6.07) is -1.08. The summed E-state index contributed by atoms with van der Waals surface area (Å²) in [6.07, 6.45) is 3.53. The zero-order valence-corrected chi connectivity index (χ0v) is 8.85. The molecule has 1 aliphatic rings.